The number of ether oxygens (including phenoxy) is 4. The van der Waals surface area contributed by atoms with Crippen LogP contribution in [0.25, 0.3) is 0 Å². The van der Waals surface area contributed by atoms with Crippen LogP contribution >= 0.6 is 0 Å². The number of methoxy groups -OCH3 is 2. The van der Waals surface area contributed by atoms with E-state index in [0.717, 1.165) is 18.8 Å². The average molecular weight is 690 g/mol. The fourth-order valence-corrected chi connectivity index (χ4v) is 3.42. The minimum absolute atomic E-state index is 0.00119. The van der Waals surface area contributed by atoms with Crippen molar-refractivity contribution in [1.29, 1.82) is 0 Å². The second-order valence-corrected chi connectivity index (χ2v) is 9.22. The van der Waals surface area contributed by atoms with Crippen LogP contribution in [-0.2, 0) is 62.5 Å². The Bertz CT molecular complexity index is 837. The van der Waals surface area contributed by atoms with E-state index in [1.807, 2.05) is 6.79 Å². The number of nitrogens with zero attached hydrogens (tertiary/aromatic N) is 1. The van der Waals surface area contributed by atoms with E-state index in [9.17, 15) is 29.1 Å². The number of aliphatic hydroxyl groups excluding tert-OH is 1. The van der Waals surface area contributed by atoms with Crippen LogP contribution in [0.5, 0.6) is 0 Å². The van der Waals surface area contributed by atoms with E-state index in [4.69, 9.17) is 23.7 Å². The highest BCUT2D eigenvalue weighted by molar-refractivity contribution is 6.12. The number of ketones is 1. The van der Waals surface area contributed by atoms with Crippen LogP contribution in [0.15, 0.2) is 51.0 Å². The smallest absolute Gasteiger partial charge is 0.253 e. The van der Waals surface area contributed by atoms with E-state index in [1.165, 1.54) is 30.4 Å². The number of rotatable bonds is 27. The number of aliphatic hydroxyl groups is 1. The lowest BCUT2D eigenvalue weighted by molar-refractivity contribution is -0.491. The Kier molecular flexibility index (Phi) is 43.7. The molecule has 0 aromatic rings. The molecular weight excluding hydrogens is 634 g/mol. The zero-order valence-corrected chi connectivity index (χ0v) is 28.5. The quantitative estimate of drug-likeness (QED) is 0.0252. The second kappa shape index (κ2) is 41.2. The molecule has 1 unspecified atom stereocenters. The van der Waals surface area contributed by atoms with Crippen molar-refractivity contribution in [3.63, 3.8) is 0 Å². The molecule has 0 radical (unpaired) electrons. The molecule has 15 heteroatoms. The van der Waals surface area contributed by atoms with Gasteiger partial charge in [0, 0.05) is 58.6 Å². The SMILES string of the molecule is C=C.C=C.C=O.COCCOCC(CO)(CO/C=C/OOOCCOC)CC(=O)CCCCCN1C(=O)C=CC1=O.O=CCCCC=O. The zero-order chi connectivity index (χ0) is 37.3. The number of aldehydes is 2. The molecule has 0 aliphatic carbocycles. The van der Waals surface area contributed by atoms with Gasteiger partial charge in [-0.15, -0.1) is 26.3 Å². The molecule has 0 aromatic carbocycles. The van der Waals surface area contributed by atoms with Crippen LogP contribution in [0.2, 0.25) is 0 Å². The highest BCUT2D eigenvalue weighted by atomic mass is 17.5. The van der Waals surface area contributed by atoms with Gasteiger partial charge < -0.3 is 43.3 Å². The summed E-state index contributed by atoms with van der Waals surface area (Å²) in [5.41, 5.74) is -0.953. The van der Waals surface area contributed by atoms with Crippen molar-refractivity contribution < 1.29 is 67.6 Å². The summed E-state index contributed by atoms with van der Waals surface area (Å²) in [6.45, 7) is 15.3. The number of amides is 2. The first-order valence-electron chi connectivity index (χ1n) is 15.0. The molecule has 1 aliphatic rings. The molecule has 0 spiro atoms. The zero-order valence-electron chi connectivity index (χ0n) is 28.5. The molecule has 2 amide bonds. The Morgan fingerprint density at radius 1 is 0.833 bits per heavy atom. The normalized spacial score (nSPS) is 12.5. The van der Waals surface area contributed by atoms with Gasteiger partial charge in [-0.1, -0.05) is 6.42 Å². The largest absolute Gasteiger partial charge is 0.497 e. The van der Waals surface area contributed by atoms with Crippen molar-refractivity contribution in [2.24, 2.45) is 5.41 Å². The maximum absolute atomic E-state index is 12.6. The Balaban J connectivity index is -0.000000639. The molecule has 1 rings (SSSR count). The fourth-order valence-electron chi connectivity index (χ4n) is 3.42. The van der Waals surface area contributed by atoms with Gasteiger partial charge in [0.1, 0.15) is 38.0 Å². The van der Waals surface area contributed by atoms with Gasteiger partial charge in [0.05, 0.1) is 45.1 Å². The molecule has 1 heterocycles. The lowest BCUT2D eigenvalue weighted by atomic mass is 9.84. The summed E-state index contributed by atoms with van der Waals surface area (Å²) in [4.78, 5) is 73.3. The maximum atomic E-state index is 12.6. The third kappa shape index (κ3) is 30.8. The maximum Gasteiger partial charge on any atom is 0.253 e. The van der Waals surface area contributed by atoms with Gasteiger partial charge in [-0.25, -0.2) is 0 Å². The summed E-state index contributed by atoms with van der Waals surface area (Å²) in [6, 6.07) is 0. The Hall–Kier alpha value is -3.86. The van der Waals surface area contributed by atoms with Crippen LogP contribution in [0.3, 0.4) is 0 Å². The van der Waals surface area contributed by atoms with Gasteiger partial charge >= 0.3 is 0 Å². The predicted octanol–water partition coefficient (Wildman–Crippen LogP) is 3.06. The Morgan fingerprint density at radius 3 is 1.96 bits per heavy atom. The van der Waals surface area contributed by atoms with Crippen molar-refractivity contribution in [3.8, 4) is 0 Å². The third-order valence-corrected chi connectivity index (χ3v) is 5.68. The molecule has 48 heavy (non-hydrogen) atoms. The molecule has 0 aromatic heterocycles. The number of carbonyl (C=O) groups excluding carboxylic acids is 6. The number of hydrogen-bond donors (Lipinski definition) is 1. The number of Topliss-reactive ketones (excluding diaryl/α,β-unsaturated/α-hetero) is 1. The third-order valence-electron chi connectivity index (χ3n) is 5.68. The lowest BCUT2D eigenvalue weighted by Gasteiger charge is -2.30. The molecule has 15 nitrogen and oxygen atoms in total. The second-order valence-electron chi connectivity index (χ2n) is 9.22. The number of hydrogen-bond acceptors (Lipinski definition) is 14. The van der Waals surface area contributed by atoms with Crippen molar-refractivity contribution in [3.05, 3.63) is 51.0 Å². The standard InChI is InChI=1S/C23H37NO11.C5H8O2.2C2H4.CH2O/c1-29-10-12-31-18-23(17-25,19-32-13-15-34-35-33-14-11-30-2)16-20(26)6-4-3-5-9-24-21(27)7-8-22(24)28;6-4-2-1-3-5-7;3*1-2/h7-8,13,15,25H,3-6,9-12,14,16-19H2,1-2H3;4-5H,1-3H2;2*1-2H2;1H2/b15-13+;;;;. The predicted molar refractivity (Wildman–Crippen MR) is 177 cm³/mol. The molecular formula is C33H55NO14. The summed E-state index contributed by atoms with van der Waals surface area (Å²) in [5.74, 6) is -0.670. The van der Waals surface area contributed by atoms with E-state index in [1.54, 1.807) is 7.11 Å². The van der Waals surface area contributed by atoms with Crippen LogP contribution in [-0.4, -0.2) is 114 Å². The topological polar surface area (TPSA) is 190 Å². The highest BCUT2D eigenvalue weighted by Crippen LogP contribution is 2.25. The monoisotopic (exact) mass is 689 g/mol. The van der Waals surface area contributed by atoms with Gasteiger partial charge in [-0.3, -0.25) is 19.3 Å². The summed E-state index contributed by atoms with van der Waals surface area (Å²) in [7, 11) is 3.07. The van der Waals surface area contributed by atoms with Crippen LogP contribution in [0, 0.1) is 5.41 Å². The minimum Gasteiger partial charge on any atom is -0.497 e. The number of carbonyl (C=O) groups is 6. The first-order valence-corrected chi connectivity index (χ1v) is 15.0. The molecule has 0 saturated heterocycles. The summed E-state index contributed by atoms with van der Waals surface area (Å²) < 4.78 is 20.8. The molecule has 1 N–H and O–H groups in total. The molecule has 0 fully saturated rings. The van der Waals surface area contributed by atoms with Crippen LogP contribution < -0.4 is 0 Å². The van der Waals surface area contributed by atoms with E-state index >= 15 is 0 Å². The van der Waals surface area contributed by atoms with Crippen molar-refractivity contribution in [2.75, 3.05) is 67.0 Å². The number of unbranched alkanes of at least 4 members (excludes halogenated alkanes) is 4. The summed E-state index contributed by atoms with van der Waals surface area (Å²) in [6.07, 6.45) is 10.4. The van der Waals surface area contributed by atoms with Crippen LogP contribution in [0.4, 0.5) is 0 Å². The van der Waals surface area contributed by atoms with Gasteiger partial charge in [0.2, 0.25) is 0 Å². The van der Waals surface area contributed by atoms with Crippen LogP contribution in [0.1, 0.15) is 51.4 Å². The van der Waals surface area contributed by atoms with Crippen molar-refractivity contribution >= 4 is 37.0 Å². The Labute approximate surface area is 284 Å². The van der Waals surface area contributed by atoms with Crippen molar-refractivity contribution in [2.45, 2.75) is 51.4 Å². The van der Waals surface area contributed by atoms with E-state index in [2.05, 4.69) is 41.1 Å². The number of imide groups is 1. The molecule has 276 valence electrons. The van der Waals surface area contributed by atoms with Crippen molar-refractivity contribution in [1.82, 2.24) is 4.90 Å². The molecule has 0 saturated carbocycles. The van der Waals surface area contributed by atoms with E-state index in [0.29, 0.717) is 71.3 Å². The first kappa shape index (κ1) is 51.0. The molecule has 1 aliphatic heterocycles. The average Bonchev–Trinajstić information content (AvgIpc) is 3.44. The first-order chi connectivity index (χ1) is 23.4. The van der Waals surface area contributed by atoms with E-state index < -0.39 is 5.41 Å². The minimum atomic E-state index is -0.953. The highest BCUT2D eigenvalue weighted by Gasteiger charge is 2.33. The fraction of sp³-hybridized carbons (Fsp3) is 0.576. The van der Waals surface area contributed by atoms with Gasteiger partial charge in [0.25, 0.3) is 11.8 Å². The summed E-state index contributed by atoms with van der Waals surface area (Å²) in [5, 5.41) is 14.5. The van der Waals surface area contributed by atoms with E-state index in [-0.39, 0.29) is 50.4 Å². The van der Waals surface area contributed by atoms with Gasteiger partial charge in [-0.2, -0.15) is 4.89 Å². The molecule has 1 atom stereocenters. The Morgan fingerprint density at radius 2 is 1.42 bits per heavy atom. The van der Waals surface area contributed by atoms with Gasteiger partial charge in [-0.05, 0) is 24.3 Å². The lowest BCUT2D eigenvalue weighted by Crippen LogP contribution is -2.38. The van der Waals surface area contributed by atoms with Gasteiger partial charge in [0.15, 0.2) is 6.26 Å². The summed E-state index contributed by atoms with van der Waals surface area (Å²) >= 11 is 0. The molecule has 0 bridgehead atoms.